The lowest BCUT2D eigenvalue weighted by Gasteiger charge is -2.21. The molecule has 36 heavy (non-hydrogen) atoms. The van der Waals surface area contributed by atoms with Crippen molar-refractivity contribution in [1.29, 1.82) is 0 Å². The smallest absolute Gasteiger partial charge is 0.272 e. The number of hydrogen-bond acceptors (Lipinski definition) is 4. The molecular formula is C29H23ClN4O2. The Labute approximate surface area is 213 Å². The van der Waals surface area contributed by atoms with Crippen LogP contribution in [0.1, 0.15) is 38.2 Å². The summed E-state index contributed by atoms with van der Waals surface area (Å²) in [4.78, 5) is 38.2. The molecule has 4 aromatic rings. The summed E-state index contributed by atoms with van der Waals surface area (Å²) in [6.45, 7) is 4.48. The van der Waals surface area contributed by atoms with Gasteiger partial charge in [0.1, 0.15) is 0 Å². The van der Waals surface area contributed by atoms with Crippen LogP contribution < -0.4 is 10.2 Å². The van der Waals surface area contributed by atoms with Crippen LogP contribution >= 0.6 is 11.6 Å². The average molecular weight is 495 g/mol. The molecule has 6 rings (SSSR count). The molecule has 0 fully saturated rings. The van der Waals surface area contributed by atoms with Crippen LogP contribution in [0.2, 0.25) is 5.02 Å². The summed E-state index contributed by atoms with van der Waals surface area (Å²) in [6.07, 6.45) is 1.13. The van der Waals surface area contributed by atoms with Gasteiger partial charge in [0.05, 0.1) is 27.5 Å². The Morgan fingerprint density at radius 2 is 1.89 bits per heavy atom. The number of benzene rings is 3. The molecule has 0 saturated carbocycles. The van der Waals surface area contributed by atoms with Gasteiger partial charge in [-0.25, -0.2) is 4.99 Å². The fraction of sp³-hybridized carbons (Fsp3) is 0.172. The Bertz CT molecular complexity index is 1600. The molecular weight excluding hydrogens is 472 g/mol. The van der Waals surface area contributed by atoms with Gasteiger partial charge in [0.25, 0.3) is 11.8 Å². The molecule has 0 saturated heterocycles. The van der Waals surface area contributed by atoms with E-state index in [1.165, 1.54) is 6.20 Å². The highest BCUT2D eigenvalue weighted by atomic mass is 35.5. The number of nitrogens with zero attached hydrogens (tertiary/aromatic N) is 3. The van der Waals surface area contributed by atoms with Crippen LogP contribution in [0.25, 0.3) is 10.9 Å². The van der Waals surface area contributed by atoms with E-state index in [9.17, 15) is 9.59 Å². The van der Waals surface area contributed by atoms with Crippen molar-refractivity contribution in [2.75, 3.05) is 11.4 Å². The molecule has 0 unspecified atom stereocenters. The summed E-state index contributed by atoms with van der Waals surface area (Å²) >= 11 is 6.70. The first-order chi connectivity index (χ1) is 17.4. The van der Waals surface area contributed by atoms with Gasteiger partial charge in [-0.15, -0.1) is 0 Å². The van der Waals surface area contributed by atoms with Crippen molar-refractivity contribution >= 4 is 45.7 Å². The maximum atomic E-state index is 13.7. The molecule has 0 bridgehead atoms. The topological polar surface area (TPSA) is 74.7 Å². The number of pyridine rings is 1. The molecule has 6 nitrogen and oxygen atoms in total. The first-order valence-corrected chi connectivity index (χ1v) is 12.2. The number of fused-ring (bicyclic) bond motifs is 1. The van der Waals surface area contributed by atoms with Gasteiger partial charge in [-0.3, -0.25) is 14.6 Å². The van der Waals surface area contributed by atoms with Crippen LogP contribution in [0.3, 0.4) is 0 Å². The Hall–Kier alpha value is -4.03. The number of para-hydroxylation sites is 1. The van der Waals surface area contributed by atoms with Gasteiger partial charge in [0.15, 0.2) is 0 Å². The maximum absolute atomic E-state index is 13.7. The van der Waals surface area contributed by atoms with E-state index >= 15 is 0 Å². The molecule has 1 atom stereocenters. The van der Waals surface area contributed by atoms with Crippen molar-refractivity contribution in [3.8, 4) is 0 Å². The Morgan fingerprint density at radius 1 is 1.08 bits per heavy atom. The second kappa shape index (κ2) is 8.57. The first kappa shape index (κ1) is 22.4. The molecule has 3 aromatic carbocycles. The number of amides is 2. The molecule has 2 amide bonds. The molecule has 1 N–H and O–H groups in total. The lowest BCUT2D eigenvalue weighted by Crippen LogP contribution is -2.47. The number of rotatable bonds is 3. The van der Waals surface area contributed by atoms with Crippen molar-refractivity contribution in [2.24, 2.45) is 4.99 Å². The zero-order valence-corrected chi connectivity index (χ0v) is 20.6. The molecule has 0 spiro atoms. The Morgan fingerprint density at radius 3 is 2.69 bits per heavy atom. The second-order valence-corrected chi connectivity index (χ2v) is 9.61. The molecule has 2 aliphatic rings. The summed E-state index contributed by atoms with van der Waals surface area (Å²) in [7, 11) is 0. The molecule has 7 heteroatoms. The highest BCUT2D eigenvalue weighted by molar-refractivity contribution is 6.38. The quantitative estimate of drug-likeness (QED) is 0.435. The van der Waals surface area contributed by atoms with E-state index in [0.29, 0.717) is 22.7 Å². The third-order valence-corrected chi connectivity index (χ3v) is 7.21. The van der Waals surface area contributed by atoms with E-state index in [0.717, 1.165) is 45.4 Å². The third kappa shape index (κ3) is 3.57. The van der Waals surface area contributed by atoms with Crippen LogP contribution in [0.5, 0.6) is 0 Å². The standard InChI is InChI=1S/C29H23ClN4O2/c1-16-13-17(2)24-21(14-16)23(30)22(15-31-24)28(35)33-27-29(36)34-12-11-19-9-6-10-20(26(19)34)25(32-27)18-7-4-3-5-8-18/h3-10,13-15,27H,11-12H2,1-2H3,(H,33,35)/t27-/m0/s1. The van der Waals surface area contributed by atoms with Crippen molar-refractivity contribution < 1.29 is 9.59 Å². The van der Waals surface area contributed by atoms with Gasteiger partial charge in [-0.1, -0.05) is 71.8 Å². The summed E-state index contributed by atoms with van der Waals surface area (Å²) in [5.41, 5.74) is 7.38. The normalized spacial score (nSPS) is 16.5. The van der Waals surface area contributed by atoms with Gasteiger partial charge in [-0.2, -0.15) is 0 Å². The predicted molar refractivity (Wildman–Crippen MR) is 142 cm³/mol. The number of nitrogens with one attached hydrogen (secondary N) is 1. The number of aromatic nitrogens is 1. The van der Waals surface area contributed by atoms with Crippen molar-refractivity contribution in [3.05, 3.63) is 105 Å². The van der Waals surface area contributed by atoms with Crippen molar-refractivity contribution in [3.63, 3.8) is 0 Å². The third-order valence-electron chi connectivity index (χ3n) is 6.81. The minimum atomic E-state index is -1.10. The van der Waals surface area contributed by atoms with E-state index in [1.807, 2.05) is 74.5 Å². The van der Waals surface area contributed by atoms with Gasteiger partial charge >= 0.3 is 0 Å². The summed E-state index contributed by atoms with van der Waals surface area (Å²) in [5, 5.41) is 3.86. The number of anilines is 1. The van der Waals surface area contributed by atoms with Crippen molar-refractivity contribution in [2.45, 2.75) is 26.4 Å². The molecule has 0 radical (unpaired) electrons. The molecule has 0 aliphatic carbocycles. The predicted octanol–water partition coefficient (Wildman–Crippen LogP) is 5.00. The summed E-state index contributed by atoms with van der Waals surface area (Å²) in [6, 6.07) is 19.7. The minimum Gasteiger partial charge on any atom is -0.322 e. The lowest BCUT2D eigenvalue weighted by molar-refractivity contribution is -0.120. The fourth-order valence-electron chi connectivity index (χ4n) is 5.18. The van der Waals surface area contributed by atoms with E-state index in [-0.39, 0.29) is 11.5 Å². The van der Waals surface area contributed by atoms with Gasteiger partial charge < -0.3 is 10.2 Å². The minimum absolute atomic E-state index is 0.210. The largest absolute Gasteiger partial charge is 0.322 e. The highest BCUT2D eigenvalue weighted by Gasteiger charge is 2.37. The molecule has 178 valence electrons. The summed E-state index contributed by atoms with van der Waals surface area (Å²) < 4.78 is 0. The zero-order chi connectivity index (χ0) is 25.0. The van der Waals surface area contributed by atoms with E-state index in [1.54, 1.807) is 4.90 Å². The maximum Gasteiger partial charge on any atom is 0.272 e. The van der Waals surface area contributed by atoms with E-state index in [2.05, 4.69) is 10.3 Å². The molecule has 3 heterocycles. The Kier molecular flexibility index (Phi) is 5.34. The fourth-order valence-corrected chi connectivity index (χ4v) is 5.46. The second-order valence-electron chi connectivity index (χ2n) is 9.24. The van der Waals surface area contributed by atoms with Crippen LogP contribution in [0, 0.1) is 13.8 Å². The number of aryl methyl sites for hydroxylation is 2. The van der Waals surface area contributed by atoms with Crippen LogP contribution in [0.4, 0.5) is 5.69 Å². The number of halogens is 1. The SMILES string of the molecule is Cc1cc(C)c2ncc(C(=O)N[C@@H]3N=C(c4ccccc4)c4cccc5c4N(CC5)C3=O)c(Cl)c2c1. The number of hydrogen-bond donors (Lipinski definition) is 1. The molecule has 2 aliphatic heterocycles. The highest BCUT2D eigenvalue weighted by Crippen LogP contribution is 2.36. The van der Waals surface area contributed by atoms with E-state index < -0.39 is 12.1 Å². The van der Waals surface area contributed by atoms with Crippen LogP contribution in [-0.4, -0.2) is 35.2 Å². The van der Waals surface area contributed by atoms with Crippen molar-refractivity contribution in [1.82, 2.24) is 10.3 Å². The van der Waals surface area contributed by atoms with Gasteiger partial charge in [-0.05, 0) is 37.5 Å². The number of carbonyl (C=O) groups is 2. The van der Waals surface area contributed by atoms with Gasteiger partial charge in [0.2, 0.25) is 6.17 Å². The first-order valence-electron chi connectivity index (χ1n) is 11.9. The summed E-state index contributed by atoms with van der Waals surface area (Å²) in [5.74, 6) is -0.759. The number of aliphatic imine (C=N–C) groups is 1. The van der Waals surface area contributed by atoms with Gasteiger partial charge in [0, 0.05) is 29.3 Å². The van der Waals surface area contributed by atoms with Crippen LogP contribution in [-0.2, 0) is 11.2 Å². The van der Waals surface area contributed by atoms with E-state index in [4.69, 9.17) is 16.6 Å². The monoisotopic (exact) mass is 494 g/mol. The average Bonchev–Trinajstić information content (AvgIpc) is 3.27. The zero-order valence-electron chi connectivity index (χ0n) is 19.9. The lowest BCUT2D eigenvalue weighted by atomic mass is 9.98. The molecule has 1 aromatic heterocycles. The number of carbonyl (C=O) groups excluding carboxylic acids is 2. The Balaban J connectivity index is 1.44. The van der Waals surface area contributed by atoms with Crippen LogP contribution in [0.15, 0.2) is 71.9 Å².